The van der Waals surface area contributed by atoms with Crippen molar-refractivity contribution in [2.75, 3.05) is 0 Å². The largest absolute Gasteiger partial charge is 0.277 e. The molecule has 0 amide bonds. The SMILES string of the molecule is [2H]c1c([2H])c(Cc2c([2H])c([2H])c(-n3c(=O)c4cc5c(=O)n(C)c(=O)c5cc4c3=O)c([2H])c2[2H])c([2H])c([2H])c1C. The summed E-state index contributed by atoms with van der Waals surface area (Å²) in [6.45, 7) is 1.43. The highest BCUT2D eigenvalue weighted by atomic mass is 16.2. The Kier molecular flexibility index (Phi) is 2.60. The van der Waals surface area contributed by atoms with Gasteiger partial charge in [0.1, 0.15) is 0 Å². The zero-order valence-electron chi connectivity index (χ0n) is 24.4. The number of hydrogen-bond donors (Lipinski definition) is 0. The molecule has 5 aromatic rings. The van der Waals surface area contributed by atoms with Crippen molar-refractivity contribution in [2.45, 2.75) is 13.3 Å². The molecule has 3 aromatic carbocycles. The van der Waals surface area contributed by atoms with Crippen LogP contribution in [-0.4, -0.2) is 9.13 Å². The van der Waals surface area contributed by atoms with Crippen LogP contribution in [0, 0.1) is 6.92 Å². The average molecular weight is 418 g/mol. The van der Waals surface area contributed by atoms with Crippen molar-refractivity contribution in [2.24, 2.45) is 7.05 Å². The normalized spacial score (nSPS) is 15.2. The molecule has 0 aliphatic carbocycles. The molecule has 0 aliphatic heterocycles. The van der Waals surface area contributed by atoms with Crippen LogP contribution in [-0.2, 0) is 13.5 Å². The lowest BCUT2D eigenvalue weighted by molar-refractivity contribution is 0.856. The maximum absolute atomic E-state index is 13.3. The van der Waals surface area contributed by atoms with Crippen molar-refractivity contribution in [1.82, 2.24) is 9.13 Å². The molecule has 5 rings (SSSR count). The minimum Gasteiger partial charge on any atom is -0.277 e. The maximum Gasteiger partial charge on any atom is 0.266 e. The summed E-state index contributed by atoms with van der Waals surface area (Å²) in [5.74, 6) is 0. The highest BCUT2D eigenvalue weighted by molar-refractivity contribution is 5.98. The van der Waals surface area contributed by atoms with Crippen LogP contribution in [0.2, 0.25) is 0 Å². The van der Waals surface area contributed by atoms with Crippen molar-refractivity contribution < 1.29 is 11.0 Å². The lowest BCUT2D eigenvalue weighted by atomic mass is 10.0. The van der Waals surface area contributed by atoms with E-state index in [0.29, 0.717) is 4.57 Å². The molecule has 2 heterocycles. The summed E-state index contributed by atoms with van der Waals surface area (Å²) in [5.41, 5.74) is -4.16. The van der Waals surface area contributed by atoms with Crippen molar-refractivity contribution in [3.63, 3.8) is 0 Å². The zero-order valence-corrected chi connectivity index (χ0v) is 16.4. The average Bonchev–Trinajstić information content (AvgIpc) is 3.28. The first-order valence-corrected chi connectivity index (χ1v) is 9.24. The van der Waals surface area contributed by atoms with Crippen molar-refractivity contribution in [1.29, 1.82) is 0 Å². The van der Waals surface area contributed by atoms with E-state index in [4.69, 9.17) is 11.0 Å². The smallest absolute Gasteiger partial charge is 0.266 e. The van der Waals surface area contributed by atoms with E-state index in [1.54, 1.807) is 0 Å². The van der Waals surface area contributed by atoms with Crippen LogP contribution in [0.15, 0.2) is 79.7 Å². The summed E-state index contributed by atoms with van der Waals surface area (Å²) in [6, 6.07) is -1.85. The molecule has 0 bridgehead atoms. The fourth-order valence-electron chi connectivity index (χ4n) is 3.50. The molecule has 152 valence electrons. The summed E-state index contributed by atoms with van der Waals surface area (Å²) < 4.78 is 67.9. The van der Waals surface area contributed by atoms with Crippen LogP contribution in [0.4, 0.5) is 0 Å². The summed E-state index contributed by atoms with van der Waals surface area (Å²) in [6.07, 6.45) is -0.460. The Bertz CT molecular complexity index is 2000. The maximum atomic E-state index is 13.3. The second-order valence-electron chi connectivity index (χ2n) is 7.17. The van der Waals surface area contributed by atoms with Crippen LogP contribution in [0.3, 0.4) is 0 Å². The Morgan fingerprint density at radius 3 is 1.58 bits per heavy atom. The summed E-state index contributed by atoms with van der Waals surface area (Å²) >= 11 is 0. The van der Waals surface area contributed by atoms with E-state index in [1.165, 1.54) is 14.0 Å². The van der Waals surface area contributed by atoms with Crippen LogP contribution >= 0.6 is 0 Å². The number of aromatic nitrogens is 2. The van der Waals surface area contributed by atoms with Crippen molar-refractivity contribution in [3.8, 4) is 5.69 Å². The molecule has 6 nitrogen and oxygen atoms in total. The standard InChI is InChI=1S/C25H18N2O4/c1-14-3-5-15(6-4-14)11-16-7-9-17(10-8-16)27-24(30)20-12-18-19(13-21(20)25(27)31)23(29)26(2)22(18)28/h3-10,12-13H,11H2,1-2H3/i3D,4D,5D,6D,7D,8D,9D,10D. The van der Waals surface area contributed by atoms with Gasteiger partial charge in [-0.15, -0.1) is 0 Å². The first kappa shape index (κ1) is 12.0. The first-order valence-electron chi connectivity index (χ1n) is 13.2. The Balaban J connectivity index is 1.78. The Morgan fingerprint density at radius 1 is 0.677 bits per heavy atom. The quantitative estimate of drug-likeness (QED) is 0.451. The minimum atomic E-state index is -0.987. The van der Waals surface area contributed by atoms with Crippen LogP contribution in [0.5, 0.6) is 0 Å². The minimum absolute atomic E-state index is 0.0721. The fraction of sp³-hybridized carbons (Fsp3) is 0.120. The first-order chi connectivity index (χ1) is 18.2. The van der Waals surface area contributed by atoms with E-state index in [1.807, 2.05) is 0 Å². The number of fused-ring (bicyclic) bond motifs is 2. The van der Waals surface area contributed by atoms with Gasteiger partial charge < -0.3 is 0 Å². The van der Waals surface area contributed by atoms with Crippen LogP contribution in [0.25, 0.3) is 27.2 Å². The Morgan fingerprint density at radius 2 is 1.10 bits per heavy atom. The van der Waals surface area contributed by atoms with Gasteiger partial charge in [-0.3, -0.25) is 23.7 Å². The van der Waals surface area contributed by atoms with Gasteiger partial charge in [0.05, 0.1) is 38.2 Å². The predicted octanol–water partition coefficient (Wildman–Crippen LogP) is 2.34. The summed E-state index contributed by atoms with van der Waals surface area (Å²) in [7, 11) is 1.26. The van der Waals surface area contributed by atoms with Gasteiger partial charge >= 0.3 is 0 Å². The molecule has 0 fully saturated rings. The van der Waals surface area contributed by atoms with E-state index in [9.17, 15) is 19.2 Å². The molecule has 0 aliphatic rings. The van der Waals surface area contributed by atoms with Gasteiger partial charge in [0.2, 0.25) is 0 Å². The summed E-state index contributed by atoms with van der Waals surface area (Å²) in [5, 5.41) is -0.590. The lowest BCUT2D eigenvalue weighted by Crippen LogP contribution is -2.23. The highest BCUT2D eigenvalue weighted by Gasteiger charge is 2.19. The topological polar surface area (TPSA) is 78.1 Å². The molecule has 0 atom stereocenters. The second-order valence-corrected chi connectivity index (χ2v) is 7.17. The Labute approximate surface area is 187 Å². The lowest BCUT2D eigenvalue weighted by Gasteiger charge is -2.05. The Hall–Kier alpha value is -4.06. The molecule has 0 N–H and O–H groups in total. The molecule has 2 aromatic heterocycles. The van der Waals surface area contributed by atoms with Gasteiger partial charge in [-0.2, -0.15) is 0 Å². The molecule has 31 heavy (non-hydrogen) atoms. The number of nitrogens with zero attached hydrogens (tertiary/aromatic N) is 2. The van der Waals surface area contributed by atoms with E-state index < -0.39 is 58.5 Å². The molecule has 0 spiro atoms. The second kappa shape index (κ2) is 6.74. The van der Waals surface area contributed by atoms with Gasteiger partial charge in [-0.1, -0.05) is 41.8 Å². The van der Waals surface area contributed by atoms with Crippen molar-refractivity contribution in [3.05, 3.63) is 119 Å². The van der Waals surface area contributed by atoms with E-state index >= 15 is 0 Å². The van der Waals surface area contributed by atoms with E-state index in [2.05, 4.69) is 0 Å². The molecule has 0 saturated carbocycles. The number of rotatable bonds is 3. The third-order valence-corrected chi connectivity index (χ3v) is 5.14. The fourth-order valence-corrected chi connectivity index (χ4v) is 3.50. The van der Waals surface area contributed by atoms with Crippen LogP contribution < -0.4 is 22.2 Å². The van der Waals surface area contributed by atoms with Gasteiger partial charge in [0.15, 0.2) is 0 Å². The zero-order chi connectivity index (χ0) is 28.8. The molecule has 0 unspecified atom stereocenters. The third kappa shape index (κ3) is 2.87. The highest BCUT2D eigenvalue weighted by Crippen LogP contribution is 2.17. The van der Waals surface area contributed by atoms with Crippen LogP contribution in [0.1, 0.15) is 27.7 Å². The van der Waals surface area contributed by atoms with Crippen molar-refractivity contribution >= 4 is 21.5 Å². The van der Waals surface area contributed by atoms with Gasteiger partial charge in [-0.25, -0.2) is 4.57 Å². The third-order valence-electron chi connectivity index (χ3n) is 5.14. The monoisotopic (exact) mass is 418 g/mol. The molecule has 0 radical (unpaired) electrons. The number of hydrogen-bond acceptors (Lipinski definition) is 4. The van der Waals surface area contributed by atoms with Gasteiger partial charge in [0.25, 0.3) is 22.2 Å². The number of benzene rings is 3. The predicted molar refractivity (Wildman–Crippen MR) is 121 cm³/mol. The molecule has 0 saturated heterocycles. The van der Waals surface area contributed by atoms with Gasteiger partial charge in [-0.05, 0) is 48.7 Å². The molecular formula is C25H18N2O4. The molecular weight excluding hydrogens is 392 g/mol. The molecule has 6 heteroatoms. The van der Waals surface area contributed by atoms with E-state index in [-0.39, 0.29) is 62.4 Å². The van der Waals surface area contributed by atoms with E-state index in [0.717, 1.165) is 16.7 Å². The summed E-state index contributed by atoms with van der Waals surface area (Å²) in [4.78, 5) is 51.3. The van der Waals surface area contributed by atoms with Gasteiger partial charge in [0, 0.05) is 7.05 Å².